The van der Waals surface area contributed by atoms with Crippen LogP contribution < -0.4 is 0 Å². The number of carbonyl (C=O) groups is 1. The van der Waals surface area contributed by atoms with Gasteiger partial charge in [-0.25, -0.2) is 8.78 Å². The van der Waals surface area contributed by atoms with Gasteiger partial charge in [0.25, 0.3) is 0 Å². The SMILES string of the molecule is Cc1ccc(CN2CCn3nc([C@@H](O)CC(=O)N(C)C)cc3C2)c(F)c1F. The van der Waals surface area contributed by atoms with Crippen LogP contribution in [0.2, 0.25) is 0 Å². The molecule has 6 nitrogen and oxygen atoms in total. The quantitative estimate of drug-likeness (QED) is 0.865. The molecule has 0 fully saturated rings. The number of halogens is 2. The molecule has 1 amide bonds. The van der Waals surface area contributed by atoms with Crippen molar-refractivity contribution < 1.29 is 18.7 Å². The summed E-state index contributed by atoms with van der Waals surface area (Å²) in [6, 6.07) is 4.96. The first-order valence-corrected chi connectivity index (χ1v) is 8.87. The molecule has 2 heterocycles. The summed E-state index contributed by atoms with van der Waals surface area (Å²) in [7, 11) is 3.27. The summed E-state index contributed by atoms with van der Waals surface area (Å²) < 4.78 is 29.7. The van der Waals surface area contributed by atoms with Crippen LogP contribution in [0.4, 0.5) is 8.78 Å². The van der Waals surface area contributed by atoms with Crippen LogP contribution in [0.3, 0.4) is 0 Å². The van der Waals surface area contributed by atoms with Crippen molar-refractivity contribution in [3.8, 4) is 0 Å². The Kier molecular flexibility index (Phi) is 5.57. The number of rotatable bonds is 5. The minimum atomic E-state index is -0.963. The molecule has 0 radical (unpaired) electrons. The van der Waals surface area contributed by atoms with E-state index >= 15 is 0 Å². The molecule has 3 rings (SSSR count). The lowest BCUT2D eigenvalue weighted by Gasteiger charge is -2.27. The van der Waals surface area contributed by atoms with Gasteiger partial charge in [-0.15, -0.1) is 0 Å². The van der Waals surface area contributed by atoms with Crippen LogP contribution >= 0.6 is 0 Å². The van der Waals surface area contributed by atoms with Crippen molar-refractivity contribution in [3.05, 3.63) is 52.3 Å². The fraction of sp³-hybridized carbons (Fsp3) is 0.474. The maximum absolute atomic E-state index is 14.1. The number of carbonyl (C=O) groups excluding carboxylic acids is 1. The molecule has 1 aliphatic heterocycles. The summed E-state index contributed by atoms with van der Waals surface area (Å²) in [5.74, 6) is -1.77. The number of amides is 1. The van der Waals surface area contributed by atoms with Gasteiger partial charge in [-0.05, 0) is 18.6 Å². The molecule has 8 heteroatoms. The predicted octanol–water partition coefficient (Wildman–Crippen LogP) is 2.00. The third-order valence-corrected chi connectivity index (χ3v) is 4.85. The Morgan fingerprint density at radius 2 is 2.04 bits per heavy atom. The molecule has 1 atom stereocenters. The lowest BCUT2D eigenvalue weighted by atomic mass is 10.1. The molecule has 0 bridgehead atoms. The van der Waals surface area contributed by atoms with Gasteiger partial charge in [0.15, 0.2) is 11.6 Å². The van der Waals surface area contributed by atoms with Gasteiger partial charge in [0.1, 0.15) is 6.10 Å². The summed E-state index contributed by atoms with van der Waals surface area (Å²) in [6.07, 6.45) is -0.990. The molecule has 1 aromatic heterocycles. The van der Waals surface area contributed by atoms with E-state index in [2.05, 4.69) is 5.10 Å². The van der Waals surface area contributed by atoms with Crippen LogP contribution in [0.5, 0.6) is 0 Å². The standard InChI is InChI=1S/C19H24F2N4O2/c1-12-4-5-13(19(21)18(12)20)10-24-6-7-25-14(11-24)8-15(22-25)16(26)9-17(27)23(2)3/h4-5,8,16,26H,6-7,9-11H2,1-3H3/t16-/m0/s1. The normalized spacial score (nSPS) is 15.5. The zero-order valence-corrected chi connectivity index (χ0v) is 15.7. The molecule has 0 spiro atoms. The van der Waals surface area contributed by atoms with Gasteiger partial charge in [0, 0.05) is 39.3 Å². The van der Waals surface area contributed by atoms with E-state index < -0.39 is 17.7 Å². The Bertz CT molecular complexity index is 850. The molecule has 2 aromatic rings. The number of aliphatic hydroxyl groups excluding tert-OH is 1. The van der Waals surface area contributed by atoms with E-state index in [0.29, 0.717) is 43.0 Å². The van der Waals surface area contributed by atoms with E-state index in [1.165, 1.54) is 11.8 Å². The summed E-state index contributed by atoms with van der Waals surface area (Å²) in [4.78, 5) is 15.2. The second-order valence-corrected chi connectivity index (χ2v) is 7.17. The van der Waals surface area contributed by atoms with E-state index in [4.69, 9.17) is 0 Å². The number of aromatic nitrogens is 2. The minimum absolute atomic E-state index is 0.0268. The van der Waals surface area contributed by atoms with E-state index in [-0.39, 0.29) is 12.3 Å². The lowest BCUT2D eigenvalue weighted by molar-refractivity contribution is -0.130. The Labute approximate surface area is 157 Å². The fourth-order valence-corrected chi connectivity index (χ4v) is 3.14. The van der Waals surface area contributed by atoms with Crippen LogP contribution in [0.25, 0.3) is 0 Å². The molecule has 0 unspecified atom stereocenters. The maximum Gasteiger partial charge on any atom is 0.225 e. The van der Waals surface area contributed by atoms with Crippen molar-refractivity contribution in [1.82, 2.24) is 19.6 Å². The van der Waals surface area contributed by atoms with Gasteiger partial charge in [0.2, 0.25) is 5.91 Å². The average Bonchev–Trinajstić information content (AvgIpc) is 3.05. The van der Waals surface area contributed by atoms with Crippen LogP contribution in [-0.4, -0.2) is 51.2 Å². The monoisotopic (exact) mass is 378 g/mol. The van der Waals surface area contributed by atoms with E-state index in [1.807, 2.05) is 4.90 Å². The first-order valence-electron chi connectivity index (χ1n) is 8.87. The summed E-state index contributed by atoms with van der Waals surface area (Å²) in [5.41, 5.74) is 1.94. The van der Waals surface area contributed by atoms with Crippen molar-refractivity contribution in [3.63, 3.8) is 0 Å². The van der Waals surface area contributed by atoms with Crippen molar-refractivity contribution in [1.29, 1.82) is 0 Å². The molecule has 146 valence electrons. The van der Waals surface area contributed by atoms with E-state index in [0.717, 1.165) is 5.69 Å². The highest BCUT2D eigenvalue weighted by Crippen LogP contribution is 2.23. The highest BCUT2D eigenvalue weighted by molar-refractivity contribution is 5.76. The lowest BCUT2D eigenvalue weighted by Crippen LogP contribution is -2.33. The average molecular weight is 378 g/mol. The maximum atomic E-state index is 14.1. The Hall–Kier alpha value is -2.32. The number of aliphatic hydroxyl groups is 1. The zero-order valence-electron chi connectivity index (χ0n) is 15.7. The third-order valence-electron chi connectivity index (χ3n) is 4.85. The smallest absolute Gasteiger partial charge is 0.225 e. The molecule has 1 aromatic carbocycles. The summed E-state index contributed by atoms with van der Waals surface area (Å²) >= 11 is 0. The fourth-order valence-electron chi connectivity index (χ4n) is 3.14. The molecule has 1 N–H and O–H groups in total. The molecular weight excluding hydrogens is 354 g/mol. The number of nitrogens with zero attached hydrogens (tertiary/aromatic N) is 4. The second kappa shape index (κ2) is 7.74. The minimum Gasteiger partial charge on any atom is -0.386 e. The Morgan fingerprint density at radius 3 is 2.74 bits per heavy atom. The Morgan fingerprint density at radius 1 is 1.30 bits per heavy atom. The van der Waals surface area contributed by atoms with Crippen molar-refractivity contribution in [2.75, 3.05) is 20.6 Å². The predicted molar refractivity (Wildman–Crippen MR) is 95.7 cm³/mol. The molecule has 0 saturated carbocycles. The third kappa shape index (κ3) is 4.17. The summed E-state index contributed by atoms with van der Waals surface area (Å²) in [5, 5.41) is 14.6. The number of benzene rings is 1. The first-order chi connectivity index (χ1) is 12.8. The second-order valence-electron chi connectivity index (χ2n) is 7.17. The van der Waals surface area contributed by atoms with Gasteiger partial charge in [-0.2, -0.15) is 5.10 Å². The molecule has 1 aliphatic rings. The topological polar surface area (TPSA) is 61.6 Å². The number of hydrogen-bond acceptors (Lipinski definition) is 4. The first kappa shape index (κ1) is 19.4. The zero-order chi connectivity index (χ0) is 19.7. The Balaban J connectivity index is 1.69. The highest BCUT2D eigenvalue weighted by atomic mass is 19.2. The number of aryl methyl sites for hydroxylation is 1. The van der Waals surface area contributed by atoms with Crippen LogP contribution in [0.1, 0.15) is 35.0 Å². The largest absolute Gasteiger partial charge is 0.386 e. The van der Waals surface area contributed by atoms with Crippen LogP contribution in [0.15, 0.2) is 18.2 Å². The molecular formula is C19H24F2N4O2. The summed E-state index contributed by atoms with van der Waals surface area (Å²) in [6.45, 7) is 3.56. The van der Waals surface area contributed by atoms with Gasteiger partial charge in [-0.1, -0.05) is 12.1 Å². The van der Waals surface area contributed by atoms with Gasteiger partial charge in [-0.3, -0.25) is 14.4 Å². The molecule has 27 heavy (non-hydrogen) atoms. The van der Waals surface area contributed by atoms with Crippen molar-refractivity contribution in [2.24, 2.45) is 0 Å². The molecule has 0 aliphatic carbocycles. The number of hydrogen-bond donors (Lipinski definition) is 1. The van der Waals surface area contributed by atoms with Crippen molar-refractivity contribution in [2.45, 2.75) is 39.1 Å². The van der Waals surface area contributed by atoms with Crippen LogP contribution in [-0.2, 0) is 24.4 Å². The van der Waals surface area contributed by atoms with Gasteiger partial charge in [0.05, 0.1) is 24.4 Å². The highest BCUT2D eigenvalue weighted by Gasteiger charge is 2.24. The van der Waals surface area contributed by atoms with Crippen LogP contribution in [0, 0.1) is 18.6 Å². The van der Waals surface area contributed by atoms with Gasteiger partial charge >= 0.3 is 0 Å². The van der Waals surface area contributed by atoms with E-state index in [9.17, 15) is 18.7 Å². The molecule has 0 saturated heterocycles. The van der Waals surface area contributed by atoms with E-state index in [1.54, 1.807) is 37.0 Å². The number of fused-ring (bicyclic) bond motifs is 1. The van der Waals surface area contributed by atoms with Crippen molar-refractivity contribution >= 4 is 5.91 Å². The van der Waals surface area contributed by atoms with Gasteiger partial charge < -0.3 is 10.0 Å².